The molecular weight excluding hydrogens is 330 g/mol. The first kappa shape index (κ1) is 17.1. The van der Waals surface area contributed by atoms with Crippen molar-refractivity contribution in [1.82, 2.24) is 4.72 Å². The lowest BCUT2D eigenvalue weighted by Crippen LogP contribution is -2.43. The minimum Gasteiger partial charge on any atom is -0.392 e. The summed E-state index contributed by atoms with van der Waals surface area (Å²) in [6.45, 7) is -0.212. The molecule has 0 aliphatic heterocycles. The van der Waals surface area contributed by atoms with Gasteiger partial charge in [-0.2, -0.15) is 11.8 Å². The van der Waals surface area contributed by atoms with Crippen LogP contribution >= 0.6 is 23.4 Å². The Morgan fingerprint density at radius 2 is 2.10 bits per heavy atom. The van der Waals surface area contributed by atoms with Crippen LogP contribution in [0.15, 0.2) is 23.1 Å². The van der Waals surface area contributed by atoms with E-state index in [0.29, 0.717) is 10.8 Å². The molecule has 1 saturated carbocycles. The van der Waals surface area contributed by atoms with Crippen molar-refractivity contribution >= 4 is 33.4 Å². The van der Waals surface area contributed by atoms with Crippen molar-refractivity contribution < 1.29 is 13.5 Å². The zero-order chi connectivity index (χ0) is 15.5. The average Bonchev–Trinajstić information content (AvgIpc) is 2.47. The molecular formula is C14H20ClNO3S2. The highest BCUT2D eigenvalue weighted by atomic mass is 35.5. The molecule has 2 atom stereocenters. The summed E-state index contributed by atoms with van der Waals surface area (Å²) in [7, 11) is -3.67. The number of hydrogen-bond acceptors (Lipinski definition) is 4. The molecule has 1 aromatic carbocycles. The van der Waals surface area contributed by atoms with Crippen molar-refractivity contribution in [3.63, 3.8) is 0 Å². The largest absolute Gasteiger partial charge is 0.392 e. The van der Waals surface area contributed by atoms with Gasteiger partial charge in [0.2, 0.25) is 10.0 Å². The average molecular weight is 350 g/mol. The Kier molecular flexibility index (Phi) is 5.96. The third-order valence-electron chi connectivity index (χ3n) is 3.78. The van der Waals surface area contributed by atoms with E-state index in [-0.39, 0.29) is 22.6 Å². The molecule has 0 spiro atoms. The molecule has 0 saturated heterocycles. The van der Waals surface area contributed by atoms with Crippen molar-refractivity contribution in [2.45, 2.75) is 48.5 Å². The predicted molar refractivity (Wildman–Crippen MR) is 87.3 cm³/mol. The Labute approximate surface area is 135 Å². The summed E-state index contributed by atoms with van der Waals surface area (Å²) in [6, 6.07) is 4.50. The minimum absolute atomic E-state index is 0.0427. The minimum atomic E-state index is -3.67. The van der Waals surface area contributed by atoms with Gasteiger partial charge in [-0.15, -0.1) is 0 Å². The van der Waals surface area contributed by atoms with Gasteiger partial charge in [0, 0.05) is 11.3 Å². The van der Waals surface area contributed by atoms with Crippen molar-refractivity contribution in [3.8, 4) is 0 Å². The molecule has 0 heterocycles. The molecule has 0 amide bonds. The maximum atomic E-state index is 12.6. The van der Waals surface area contributed by atoms with E-state index in [9.17, 15) is 8.42 Å². The number of benzene rings is 1. The number of aliphatic hydroxyl groups is 1. The van der Waals surface area contributed by atoms with E-state index in [1.54, 1.807) is 17.8 Å². The number of aliphatic hydroxyl groups excluding tert-OH is 1. The quantitative estimate of drug-likeness (QED) is 0.857. The molecule has 0 bridgehead atoms. The Hall–Kier alpha value is -0.270. The van der Waals surface area contributed by atoms with E-state index in [4.69, 9.17) is 16.7 Å². The zero-order valence-electron chi connectivity index (χ0n) is 11.9. The van der Waals surface area contributed by atoms with Gasteiger partial charge in [0.1, 0.15) is 4.90 Å². The Balaban J connectivity index is 2.25. The summed E-state index contributed by atoms with van der Waals surface area (Å²) in [5.41, 5.74) is 0.532. The fourth-order valence-corrected chi connectivity index (χ4v) is 5.51. The van der Waals surface area contributed by atoms with Crippen LogP contribution in [-0.4, -0.2) is 31.1 Å². The van der Waals surface area contributed by atoms with Gasteiger partial charge in [0.25, 0.3) is 0 Å². The Morgan fingerprint density at radius 1 is 1.38 bits per heavy atom. The highest BCUT2D eigenvalue weighted by molar-refractivity contribution is 7.99. The maximum Gasteiger partial charge on any atom is 0.242 e. The van der Waals surface area contributed by atoms with Gasteiger partial charge in [0.15, 0.2) is 0 Å². The molecule has 7 heteroatoms. The van der Waals surface area contributed by atoms with Crippen LogP contribution in [0.1, 0.15) is 31.2 Å². The normalized spacial score (nSPS) is 23.2. The van der Waals surface area contributed by atoms with Crippen molar-refractivity contribution in [3.05, 3.63) is 28.8 Å². The second-order valence-electron chi connectivity index (χ2n) is 5.21. The van der Waals surface area contributed by atoms with Crippen LogP contribution in [0.4, 0.5) is 0 Å². The topological polar surface area (TPSA) is 66.4 Å². The number of nitrogens with one attached hydrogen (secondary N) is 1. The van der Waals surface area contributed by atoms with Crippen LogP contribution in [0.25, 0.3) is 0 Å². The number of sulfonamides is 1. The molecule has 1 aliphatic rings. The molecule has 0 radical (unpaired) electrons. The lowest BCUT2D eigenvalue weighted by molar-refractivity contribution is 0.281. The van der Waals surface area contributed by atoms with Gasteiger partial charge in [-0.3, -0.25) is 0 Å². The van der Waals surface area contributed by atoms with E-state index in [2.05, 4.69) is 4.72 Å². The highest BCUT2D eigenvalue weighted by Gasteiger charge is 2.30. The number of thioether (sulfide) groups is 1. The van der Waals surface area contributed by atoms with Gasteiger partial charge < -0.3 is 5.11 Å². The first-order valence-electron chi connectivity index (χ1n) is 6.92. The third kappa shape index (κ3) is 4.13. The lowest BCUT2D eigenvalue weighted by atomic mass is 9.96. The predicted octanol–water partition coefficient (Wildman–Crippen LogP) is 2.78. The fourth-order valence-electron chi connectivity index (χ4n) is 2.63. The van der Waals surface area contributed by atoms with Crippen molar-refractivity contribution in [1.29, 1.82) is 0 Å². The van der Waals surface area contributed by atoms with Crippen LogP contribution < -0.4 is 4.72 Å². The van der Waals surface area contributed by atoms with Crippen molar-refractivity contribution in [2.75, 3.05) is 6.26 Å². The summed E-state index contributed by atoms with van der Waals surface area (Å²) >= 11 is 7.72. The summed E-state index contributed by atoms with van der Waals surface area (Å²) in [5.74, 6) is 0. The van der Waals surface area contributed by atoms with E-state index in [1.807, 2.05) is 6.26 Å². The molecule has 2 N–H and O–H groups in total. The second-order valence-corrected chi connectivity index (χ2v) is 8.38. The first-order chi connectivity index (χ1) is 9.97. The van der Waals surface area contributed by atoms with Gasteiger partial charge >= 0.3 is 0 Å². The molecule has 1 aliphatic carbocycles. The standard InChI is InChI=1S/C14H20ClNO3S2/c1-20-13-5-3-2-4-12(13)16-21(18,19)14-8-10(9-17)6-7-11(14)15/h6-8,12-13,16-17H,2-5,9H2,1H3. The van der Waals surface area contributed by atoms with Gasteiger partial charge in [-0.25, -0.2) is 13.1 Å². The Bertz CT molecular complexity index is 592. The van der Waals surface area contributed by atoms with Crippen LogP contribution in [0.2, 0.25) is 5.02 Å². The molecule has 1 aromatic rings. The van der Waals surface area contributed by atoms with E-state index in [1.165, 1.54) is 12.1 Å². The second kappa shape index (κ2) is 7.33. The van der Waals surface area contributed by atoms with Crippen LogP contribution in [0, 0.1) is 0 Å². The number of rotatable bonds is 5. The third-order valence-corrected chi connectivity index (χ3v) is 6.92. The summed E-state index contributed by atoms with van der Waals surface area (Å²) in [4.78, 5) is 0.0427. The summed E-state index contributed by atoms with van der Waals surface area (Å²) in [5, 5.41) is 9.63. The number of hydrogen-bond donors (Lipinski definition) is 2. The molecule has 2 unspecified atom stereocenters. The molecule has 0 aromatic heterocycles. The van der Waals surface area contributed by atoms with Crippen LogP contribution in [0.3, 0.4) is 0 Å². The lowest BCUT2D eigenvalue weighted by Gasteiger charge is -2.30. The molecule has 21 heavy (non-hydrogen) atoms. The smallest absolute Gasteiger partial charge is 0.242 e. The van der Waals surface area contributed by atoms with Crippen molar-refractivity contribution in [2.24, 2.45) is 0 Å². The molecule has 4 nitrogen and oxygen atoms in total. The molecule has 1 fully saturated rings. The SMILES string of the molecule is CSC1CCCCC1NS(=O)(=O)c1cc(CO)ccc1Cl. The molecule has 118 valence electrons. The van der Waals surface area contributed by atoms with E-state index >= 15 is 0 Å². The zero-order valence-corrected chi connectivity index (χ0v) is 14.3. The molecule has 2 rings (SSSR count). The monoisotopic (exact) mass is 349 g/mol. The summed E-state index contributed by atoms with van der Waals surface area (Å²) < 4.78 is 27.9. The van der Waals surface area contributed by atoms with Gasteiger partial charge in [-0.05, 0) is 36.8 Å². The van der Waals surface area contributed by atoms with Crippen LogP contribution in [0.5, 0.6) is 0 Å². The van der Waals surface area contributed by atoms with E-state index < -0.39 is 10.0 Å². The number of halogens is 1. The Morgan fingerprint density at radius 3 is 2.76 bits per heavy atom. The van der Waals surface area contributed by atoms with Gasteiger partial charge in [0.05, 0.1) is 11.6 Å². The maximum absolute atomic E-state index is 12.6. The summed E-state index contributed by atoms with van der Waals surface area (Å²) in [6.07, 6.45) is 6.07. The highest BCUT2D eigenvalue weighted by Crippen LogP contribution is 2.29. The fraction of sp³-hybridized carbons (Fsp3) is 0.571. The van der Waals surface area contributed by atoms with E-state index in [0.717, 1.165) is 25.7 Å². The van der Waals surface area contributed by atoms with Gasteiger partial charge in [-0.1, -0.05) is 30.5 Å². The first-order valence-corrected chi connectivity index (χ1v) is 10.1. The van der Waals surface area contributed by atoms with Crippen LogP contribution in [-0.2, 0) is 16.6 Å².